The highest BCUT2D eigenvalue weighted by atomic mass is 79.9. The van der Waals surface area contributed by atoms with E-state index >= 15 is 0 Å². The van der Waals surface area contributed by atoms with Gasteiger partial charge < -0.3 is 8.92 Å². The maximum Gasteiger partial charge on any atom is 0.534 e. The zero-order valence-corrected chi connectivity index (χ0v) is 12.3. The molecule has 0 heterocycles. The van der Waals surface area contributed by atoms with Crippen molar-refractivity contribution in [1.82, 2.24) is 0 Å². The van der Waals surface area contributed by atoms with Crippen LogP contribution in [0.3, 0.4) is 0 Å². The summed E-state index contributed by atoms with van der Waals surface area (Å²) in [5.41, 5.74) is -5.50. The highest BCUT2D eigenvalue weighted by Crippen LogP contribution is 2.32. The summed E-state index contributed by atoms with van der Waals surface area (Å²) in [7, 11) is -5.76. The van der Waals surface area contributed by atoms with Crippen molar-refractivity contribution in [2.45, 2.75) is 12.4 Å². The molecular formula is C10H8BrF3O5S. The van der Waals surface area contributed by atoms with E-state index in [1.54, 1.807) is 6.92 Å². The molecule has 0 bridgehead atoms. The average molecular weight is 377 g/mol. The number of hydrogen-bond acceptors (Lipinski definition) is 5. The van der Waals surface area contributed by atoms with Gasteiger partial charge in [0.15, 0.2) is 5.75 Å². The predicted octanol–water partition coefficient (Wildman–Crippen LogP) is 2.85. The molecule has 0 spiro atoms. The van der Waals surface area contributed by atoms with Crippen molar-refractivity contribution < 1.29 is 35.3 Å². The summed E-state index contributed by atoms with van der Waals surface area (Å²) < 4.78 is 66.6. The third-order valence-corrected chi connectivity index (χ3v) is 3.51. The van der Waals surface area contributed by atoms with Crippen molar-refractivity contribution in [3.05, 3.63) is 28.2 Å². The normalized spacial score (nSPS) is 12.1. The molecule has 1 aromatic rings. The van der Waals surface area contributed by atoms with Crippen LogP contribution >= 0.6 is 15.9 Å². The zero-order valence-electron chi connectivity index (χ0n) is 9.90. The molecule has 0 radical (unpaired) electrons. The summed E-state index contributed by atoms with van der Waals surface area (Å²) >= 11 is 2.82. The lowest BCUT2D eigenvalue weighted by atomic mass is 10.2. The van der Waals surface area contributed by atoms with Crippen LogP contribution in [-0.2, 0) is 14.9 Å². The van der Waals surface area contributed by atoms with Gasteiger partial charge in [0.2, 0.25) is 0 Å². The maximum atomic E-state index is 12.2. The van der Waals surface area contributed by atoms with Gasteiger partial charge >= 0.3 is 21.6 Å². The fraction of sp³-hybridized carbons (Fsp3) is 0.300. The molecule has 0 saturated heterocycles. The number of alkyl halides is 3. The smallest absolute Gasteiger partial charge is 0.462 e. The second-order valence-electron chi connectivity index (χ2n) is 3.35. The second-order valence-corrected chi connectivity index (χ2v) is 5.74. The lowest BCUT2D eigenvalue weighted by molar-refractivity contribution is -0.0500. The molecule has 1 rings (SSSR count). The van der Waals surface area contributed by atoms with Crippen LogP contribution in [0.1, 0.15) is 17.3 Å². The molecular weight excluding hydrogens is 369 g/mol. The molecule has 112 valence electrons. The van der Waals surface area contributed by atoms with E-state index in [0.29, 0.717) is 0 Å². The zero-order chi connectivity index (χ0) is 15.6. The number of benzene rings is 1. The molecule has 5 nitrogen and oxygen atoms in total. The van der Waals surface area contributed by atoms with Crippen LogP contribution in [0, 0.1) is 0 Å². The van der Waals surface area contributed by atoms with Crippen molar-refractivity contribution in [2.75, 3.05) is 6.61 Å². The van der Waals surface area contributed by atoms with Crippen molar-refractivity contribution in [1.29, 1.82) is 0 Å². The summed E-state index contributed by atoms with van der Waals surface area (Å²) in [6.07, 6.45) is 0. The fourth-order valence-corrected chi connectivity index (χ4v) is 2.12. The Kier molecular flexibility index (Phi) is 5.03. The van der Waals surface area contributed by atoms with E-state index in [2.05, 4.69) is 24.8 Å². The fourth-order valence-electron chi connectivity index (χ4n) is 1.08. The van der Waals surface area contributed by atoms with Gasteiger partial charge in [-0.15, -0.1) is 0 Å². The molecule has 0 unspecified atom stereocenters. The third kappa shape index (κ3) is 3.85. The Bertz CT molecular complexity index is 612. The quantitative estimate of drug-likeness (QED) is 0.459. The van der Waals surface area contributed by atoms with Gasteiger partial charge in [0.25, 0.3) is 0 Å². The van der Waals surface area contributed by atoms with Crippen LogP contribution in [0.4, 0.5) is 13.2 Å². The third-order valence-electron chi connectivity index (χ3n) is 1.93. The van der Waals surface area contributed by atoms with Gasteiger partial charge in [-0.2, -0.15) is 21.6 Å². The highest BCUT2D eigenvalue weighted by Gasteiger charge is 2.48. The van der Waals surface area contributed by atoms with Crippen LogP contribution in [0.15, 0.2) is 22.7 Å². The van der Waals surface area contributed by atoms with Gasteiger partial charge in [0.1, 0.15) is 0 Å². The largest absolute Gasteiger partial charge is 0.534 e. The summed E-state index contributed by atoms with van der Waals surface area (Å²) in [5.74, 6) is -1.28. The van der Waals surface area contributed by atoms with Crippen molar-refractivity contribution in [3.63, 3.8) is 0 Å². The molecule has 0 fully saturated rings. The Labute approximate surface area is 120 Å². The average Bonchev–Trinajstić information content (AvgIpc) is 2.30. The molecule has 0 aliphatic heterocycles. The molecule has 0 amide bonds. The Morgan fingerprint density at radius 2 is 1.95 bits per heavy atom. The van der Waals surface area contributed by atoms with Crippen molar-refractivity contribution in [3.8, 4) is 5.75 Å². The van der Waals surface area contributed by atoms with E-state index in [9.17, 15) is 26.4 Å². The van der Waals surface area contributed by atoms with Crippen LogP contribution < -0.4 is 4.18 Å². The van der Waals surface area contributed by atoms with E-state index < -0.39 is 27.3 Å². The summed E-state index contributed by atoms with van der Waals surface area (Å²) in [4.78, 5) is 11.4. The monoisotopic (exact) mass is 376 g/mol. The minimum atomic E-state index is -5.76. The first-order valence-electron chi connectivity index (χ1n) is 5.06. The SMILES string of the molecule is CCOC(=O)c1ccc(OS(=O)(=O)C(F)(F)F)c(Br)c1. The second kappa shape index (κ2) is 6.00. The highest BCUT2D eigenvalue weighted by molar-refractivity contribution is 9.10. The lowest BCUT2D eigenvalue weighted by Crippen LogP contribution is -2.28. The van der Waals surface area contributed by atoms with Crippen LogP contribution in [-0.4, -0.2) is 26.5 Å². The maximum absolute atomic E-state index is 12.2. The number of hydrogen-bond donors (Lipinski definition) is 0. The summed E-state index contributed by atoms with van der Waals surface area (Å²) in [5, 5.41) is 0. The Hall–Kier alpha value is -1.29. The van der Waals surface area contributed by atoms with E-state index in [1.807, 2.05) is 0 Å². The van der Waals surface area contributed by atoms with E-state index in [1.165, 1.54) is 0 Å². The first kappa shape index (κ1) is 16.8. The molecule has 0 aliphatic carbocycles. The van der Waals surface area contributed by atoms with Gasteiger partial charge in [-0.1, -0.05) is 0 Å². The molecule has 0 saturated carbocycles. The number of rotatable bonds is 4. The Morgan fingerprint density at radius 1 is 1.35 bits per heavy atom. The first-order chi connectivity index (χ1) is 9.08. The minimum absolute atomic E-state index is 0.0375. The van der Waals surface area contributed by atoms with Crippen LogP contribution in [0.25, 0.3) is 0 Å². The van der Waals surface area contributed by atoms with Crippen molar-refractivity contribution >= 4 is 32.0 Å². The molecule has 0 atom stereocenters. The minimum Gasteiger partial charge on any atom is -0.462 e. The van der Waals surface area contributed by atoms with Gasteiger partial charge in [0, 0.05) is 0 Å². The number of halogens is 4. The molecule has 1 aromatic carbocycles. The van der Waals surface area contributed by atoms with Crippen molar-refractivity contribution in [2.24, 2.45) is 0 Å². The molecule has 0 N–H and O–H groups in total. The van der Waals surface area contributed by atoms with Gasteiger partial charge in [-0.25, -0.2) is 4.79 Å². The first-order valence-corrected chi connectivity index (χ1v) is 7.26. The Balaban J connectivity index is 3.04. The predicted molar refractivity (Wildman–Crippen MR) is 65.7 cm³/mol. The van der Waals surface area contributed by atoms with E-state index in [4.69, 9.17) is 0 Å². The summed E-state index contributed by atoms with van der Waals surface area (Å²) in [6.45, 7) is 1.71. The molecule has 0 aromatic heterocycles. The summed E-state index contributed by atoms with van der Waals surface area (Å²) in [6, 6.07) is 3.10. The molecule has 10 heteroatoms. The van der Waals surface area contributed by atoms with E-state index in [0.717, 1.165) is 18.2 Å². The lowest BCUT2D eigenvalue weighted by Gasteiger charge is -2.11. The molecule has 20 heavy (non-hydrogen) atoms. The number of esters is 1. The topological polar surface area (TPSA) is 69.7 Å². The number of carbonyl (C=O) groups is 1. The molecule has 0 aliphatic rings. The Morgan fingerprint density at radius 3 is 2.40 bits per heavy atom. The van der Waals surface area contributed by atoms with Gasteiger partial charge in [-0.3, -0.25) is 0 Å². The van der Waals surface area contributed by atoms with Gasteiger partial charge in [-0.05, 0) is 41.1 Å². The van der Waals surface area contributed by atoms with Crippen LogP contribution in [0.2, 0.25) is 0 Å². The van der Waals surface area contributed by atoms with Crippen LogP contribution in [0.5, 0.6) is 5.75 Å². The van der Waals surface area contributed by atoms with E-state index in [-0.39, 0.29) is 16.6 Å². The standard InChI is InChI=1S/C10H8BrF3O5S/c1-2-18-9(15)6-3-4-8(7(11)5-6)19-20(16,17)10(12,13)14/h3-5H,2H2,1H3. The van der Waals surface area contributed by atoms with Gasteiger partial charge in [0.05, 0.1) is 16.6 Å². The number of ether oxygens (including phenoxy) is 1. The number of carbonyl (C=O) groups excluding carboxylic acids is 1.